The van der Waals surface area contributed by atoms with Crippen LogP contribution in [0.3, 0.4) is 0 Å². The third-order valence-corrected chi connectivity index (χ3v) is 8.40. The number of aliphatic carboxylic acids is 1. The standard InChI is InChI=1S/C31H41NO3/c1-3-24(31(35)32-18-4-5-19-32)12-17-28-21-29(9-6-22(28)2)27-15-13-26(14-16-27)25-10-7-23(8-11-25)20-30(33)34/h6,9,13-16,21,23-25H,3-5,7-8,10-12,17-20H2,1-2H3,(H,33,34). The van der Waals surface area contributed by atoms with Crippen LogP contribution in [0, 0.1) is 18.8 Å². The van der Waals surface area contributed by atoms with Crippen LogP contribution in [0.15, 0.2) is 42.5 Å². The van der Waals surface area contributed by atoms with Crippen molar-refractivity contribution in [2.24, 2.45) is 11.8 Å². The molecule has 1 unspecified atom stereocenters. The highest BCUT2D eigenvalue weighted by atomic mass is 16.4. The fraction of sp³-hybridized carbons (Fsp3) is 0.548. The van der Waals surface area contributed by atoms with Gasteiger partial charge < -0.3 is 10.0 Å². The van der Waals surface area contributed by atoms with E-state index in [2.05, 4.69) is 61.2 Å². The van der Waals surface area contributed by atoms with E-state index in [1.165, 1.54) is 27.8 Å². The molecule has 1 saturated carbocycles. The lowest BCUT2D eigenvalue weighted by Gasteiger charge is -2.28. The van der Waals surface area contributed by atoms with Crippen LogP contribution in [0.2, 0.25) is 0 Å². The highest BCUT2D eigenvalue weighted by molar-refractivity contribution is 5.79. The van der Waals surface area contributed by atoms with Gasteiger partial charge in [0.05, 0.1) is 0 Å². The number of nitrogens with zero attached hydrogens (tertiary/aromatic N) is 1. The van der Waals surface area contributed by atoms with Gasteiger partial charge in [0.1, 0.15) is 0 Å². The average molecular weight is 476 g/mol. The van der Waals surface area contributed by atoms with Crippen LogP contribution in [0.4, 0.5) is 0 Å². The molecule has 1 aliphatic carbocycles. The Kier molecular flexibility index (Phi) is 8.64. The molecule has 35 heavy (non-hydrogen) atoms. The Hall–Kier alpha value is -2.62. The summed E-state index contributed by atoms with van der Waals surface area (Å²) in [6.45, 7) is 6.18. The molecule has 2 aliphatic rings. The summed E-state index contributed by atoms with van der Waals surface area (Å²) >= 11 is 0. The predicted molar refractivity (Wildman–Crippen MR) is 141 cm³/mol. The quantitative estimate of drug-likeness (QED) is 0.425. The second kappa shape index (κ2) is 11.9. The van der Waals surface area contributed by atoms with Crippen LogP contribution in [0.5, 0.6) is 0 Å². The number of hydrogen-bond acceptors (Lipinski definition) is 2. The number of carboxylic acids is 1. The van der Waals surface area contributed by atoms with Crippen molar-refractivity contribution < 1.29 is 14.7 Å². The molecular weight excluding hydrogens is 434 g/mol. The van der Waals surface area contributed by atoms with E-state index in [-0.39, 0.29) is 5.92 Å². The Bertz CT molecular complexity index is 998. The van der Waals surface area contributed by atoms with Crippen molar-refractivity contribution in [1.82, 2.24) is 4.90 Å². The third-order valence-electron chi connectivity index (χ3n) is 8.40. The van der Waals surface area contributed by atoms with Crippen LogP contribution in [-0.2, 0) is 16.0 Å². The molecule has 1 saturated heterocycles. The normalized spacial score (nSPS) is 21.1. The van der Waals surface area contributed by atoms with E-state index in [4.69, 9.17) is 5.11 Å². The molecule has 4 nitrogen and oxygen atoms in total. The molecule has 1 aliphatic heterocycles. The number of likely N-dealkylation sites (tertiary alicyclic amines) is 1. The maximum Gasteiger partial charge on any atom is 0.303 e. The second-order valence-electron chi connectivity index (χ2n) is 10.8. The maximum absolute atomic E-state index is 12.9. The molecule has 1 N–H and O–H groups in total. The fourth-order valence-corrected chi connectivity index (χ4v) is 6.04. The fourth-order valence-electron chi connectivity index (χ4n) is 6.04. The molecule has 4 heteroatoms. The molecule has 1 heterocycles. The summed E-state index contributed by atoms with van der Waals surface area (Å²) in [5, 5.41) is 9.05. The molecule has 188 valence electrons. The lowest BCUT2D eigenvalue weighted by atomic mass is 9.77. The molecule has 1 amide bonds. The summed E-state index contributed by atoms with van der Waals surface area (Å²) in [6.07, 6.45) is 9.57. The highest BCUT2D eigenvalue weighted by Gasteiger charge is 2.26. The van der Waals surface area contributed by atoms with E-state index in [0.29, 0.717) is 24.2 Å². The summed E-state index contributed by atoms with van der Waals surface area (Å²) in [6, 6.07) is 15.7. The molecule has 0 aromatic heterocycles. The largest absolute Gasteiger partial charge is 0.481 e. The number of carbonyl (C=O) groups excluding carboxylic acids is 1. The summed E-state index contributed by atoms with van der Waals surface area (Å²) in [4.78, 5) is 26.0. The molecule has 0 spiro atoms. The number of hydrogen-bond donors (Lipinski definition) is 1. The van der Waals surface area contributed by atoms with Gasteiger partial charge in [-0.15, -0.1) is 0 Å². The van der Waals surface area contributed by atoms with Crippen LogP contribution in [0.1, 0.15) is 87.3 Å². The molecule has 0 radical (unpaired) electrons. The van der Waals surface area contributed by atoms with Crippen LogP contribution in [-0.4, -0.2) is 35.0 Å². The number of rotatable bonds is 9. The first-order chi connectivity index (χ1) is 16.9. The minimum absolute atomic E-state index is 0.126. The topological polar surface area (TPSA) is 57.6 Å². The number of carbonyl (C=O) groups is 2. The van der Waals surface area contributed by atoms with Crippen molar-refractivity contribution in [2.75, 3.05) is 13.1 Å². The van der Waals surface area contributed by atoms with Crippen LogP contribution in [0.25, 0.3) is 11.1 Å². The van der Waals surface area contributed by atoms with Crippen molar-refractivity contribution in [1.29, 1.82) is 0 Å². The van der Waals surface area contributed by atoms with E-state index in [1.54, 1.807) is 0 Å². The molecule has 2 aromatic carbocycles. The van der Waals surface area contributed by atoms with E-state index < -0.39 is 5.97 Å². The van der Waals surface area contributed by atoms with Gasteiger partial charge in [-0.1, -0.05) is 49.4 Å². The first kappa shape index (κ1) is 25.5. The Morgan fingerprint density at radius 3 is 2.26 bits per heavy atom. The smallest absolute Gasteiger partial charge is 0.303 e. The van der Waals surface area contributed by atoms with Gasteiger partial charge in [-0.2, -0.15) is 0 Å². The van der Waals surface area contributed by atoms with Crippen molar-refractivity contribution in [3.8, 4) is 11.1 Å². The van der Waals surface area contributed by atoms with Gasteiger partial charge in [0, 0.05) is 25.4 Å². The average Bonchev–Trinajstić information content (AvgIpc) is 3.41. The summed E-state index contributed by atoms with van der Waals surface area (Å²) < 4.78 is 0. The molecule has 0 bridgehead atoms. The zero-order valence-electron chi connectivity index (χ0n) is 21.5. The Labute approximate surface area is 210 Å². The number of amides is 1. The monoisotopic (exact) mass is 475 g/mol. The Morgan fingerprint density at radius 1 is 0.971 bits per heavy atom. The lowest BCUT2D eigenvalue weighted by molar-refractivity contribution is -0.138. The van der Waals surface area contributed by atoms with E-state index in [0.717, 1.165) is 70.9 Å². The number of benzene rings is 2. The third kappa shape index (κ3) is 6.54. The molecule has 1 atom stereocenters. The Morgan fingerprint density at radius 2 is 1.63 bits per heavy atom. The van der Waals surface area contributed by atoms with Gasteiger partial charge in [0.15, 0.2) is 0 Å². The first-order valence-corrected chi connectivity index (χ1v) is 13.6. The van der Waals surface area contributed by atoms with Crippen LogP contribution < -0.4 is 0 Å². The van der Waals surface area contributed by atoms with Crippen LogP contribution >= 0.6 is 0 Å². The lowest BCUT2D eigenvalue weighted by Crippen LogP contribution is -2.33. The number of carboxylic acid groups (broad SMARTS) is 1. The zero-order valence-corrected chi connectivity index (χ0v) is 21.5. The van der Waals surface area contributed by atoms with Gasteiger partial charge in [0.2, 0.25) is 5.91 Å². The van der Waals surface area contributed by atoms with E-state index in [1.807, 2.05) is 0 Å². The first-order valence-electron chi connectivity index (χ1n) is 13.6. The van der Waals surface area contributed by atoms with Crippen molar-refractivity contribution in [3.05, 3.63) is 59.2 Å². The number of aryl methyl sites for hydroxylation is 2. The SMILES string of the molecule is CCC(CCc1cc(-c2ccc(C3CCC(CC(=O)O)CC3)cc2)ccc1C)C(=O)N1CCCC1. The van der Waals surface area contributed by atoms with Crippen molar-refractivity contribution in [2.45, 2.75) is 84.0 Å². The van der Waals surface area contributed by atoms with Crippen molar-refractivity contribution in [3.63, 3.8) is 0 Å². The molecular formula is C31H41NO3. The summed E-state index contributed by atoms with van der Waals surface area (Å²) in [5.41, 5.74) is 6.49. The summed E-state index contributed by atoms with van der Waals surface area (Å²) in [7, 11) is 0. The van der Waals surface area contributed by atoms with Crippen molar-refractivity contribution >= 4 is 11.9 Å². The Balaban J connectivity index is 1.38. The molecule has 2 fully saturated rings. The van der Waals surface area contributed by atoms with E-state index in [9.17, 15) is 9.59 Å². The molecule has 2 aromatic rings. The van der Waals surface area contributed by atoms with Gasteiger partial charge in [-0.25, -0.2) is 0 Å². The molecule has 4 rings (SSSR count). The predicted octanol–water partition coefficient (Wildman–Crippen LogP) is 6.99. The van der Waals surface area contributed by atoms with E-state index >= 15 is 0 Å². The maximum atomic E-state index is 12.9. The van der Waals surface area contributed by atoms with Gasteiger partial charge >= 0.3 is 5.97 Å². The minimum Gasteiger partial charge on any atom is -0.481 e. The zero-order chi connectivity index (χ0) is 24.8. The summed E-state index contributed by atoms with van der Waals surface area (Å²) in [5.74, 6) is 0.694. The minimum atomic E-state index is -0.668. The highest BCUT2D eigenvalue weighted by Crippen LogP contribution is 2.37. The second-order valence-corrected chi connectivity index (χ2v) is 10.8. The van der Waals surface area contributed by atoms with Gasteiger partial charge in [-0.3, -0.25) is 9.59 Å². The van der Waals surface area contributed by atoms with Gasteiger partial charge in [0.25, 0.3) is 0 Å². The van der Waals surface area contributed by atoms with Gasteiger partial charge in [-0.05, 0) is 104 Å².